The molecule has 1 aliphatic heterocycles. The summed E-state index contributed by atoms with van der Waals surface area (Å²) in [6.45, 7) is 5.99. The highest BCUT2D eigenvalue weighted by molar-refractivity contribution is 6.37. The molecule has 0 atom stereocenters. The predicted molar refractivity (Wildman–Crippen MR) is 80.9 cm³/mol. The van der Waals surface area contributed by atoms with Crippen LogP contribution in [0.3, 0.4) is 0 Å². The van der Waals surface area contributed by atoms with E-state index in [9.17, 15) is 4.79 Å². The van der Waals surface area contributed by atoms with Gasteiger partial charge in [0.05, 0.1) is 6.20 Å². The maximum Gasteiger partial charge on any atom is 0.297 e. The maximum atomic E-state index is 12.3. The second-order valence-corrected chi connectivity index (χ2v) is 5.09. The fraction of sp³-hybridized carbons (Fsp3) is 0.500. The van der Waals surface area contributed by atoms with Crippen molar-refractivity contribution in [2.75, 3.05) is 36.5 Å². The number of oxazole rings is 1. The Hall–Kier alpha value is -2.98. The number of H-pyrrole nitrogens is 1. The number of aryl methyl sites for hydroxylation is 1. The summed E-state index contributed by atoms with van der Waals surface area (Å²) in [4.78, 5) is 20.3. The average molecular weight is 319 g/mol. The van der Waals surface area contributed by atoms with E-state index in [1.54, 1.807) is 18.0 Å². The summed E-state index contributed by atoms with van der Waals surface area (Å²) in [6.07, 6.45) is 1.69. The molecule has 0 aliphatic carbocycles. The first-order valence-electron chi connectivity index (χ1n) is 7.14. The Morgan fingerprint density at radius 3 is 2.78 bits per heavy atom. The van der Waals surface area contributed by atoms with Crippen LogP contribution in [0.2, 0.25) is 0 Å². The number of hydrogen-bond donors (Lipinski definition) is 2. The zero-order valence-electron chi connectivity index (χ0n) is 12.9. The smallest absolute Gasteiger partial charge is 0.297 e. The first kappa shape index (κ1) is 14.9. The molecule has 1 saturated heterocycles. The lowest BCUT2D eigenvalue weighted by Gasteiger charge is -2.33. The minimum atomic E-state index is -0.131. The Bertz CT molecular complexity index is 685. The van der Waals surface area contributed by atoms with Crippen LogP contribution >= 0.6 is 0 Å². The molecular formula is C12H17N9O2. The van der Waals surface area contributed by atoms with Crippen molar-refractivity contribution in [1.82, 2.24) is 30.5 Å². The van der Waals surface area contributed by atoms with Gasteiger partial charge in [0.25, 0.3) is 17.9 Å². The number of aromatic amines is 1. The van der Waals surface area contributed by atoms with Gasteiger partial charge in [0.15, 0.2) is 0 Å². The van der Waals surface area contributed by atoms with Crippen LogP contribution in [0.5, 0.6) is 0 Å². The summed E-state index contributed by atoms with van der Waals surface area (Å²) < 4.78 is 5.50. The first-order chi connectivity index (χ1) is 11.1. The molecule has 11 nitrogen and oxygen atoms in total. The van der Waals surface area contributed by atoms with Gasteiger partial charge < -0.3 is 14.2 Å². The molecular weight excluding hydrogens is 302 g/mol. The molecule has 0 spiro atoms. The number of carbonyl (C=O) groups excluding carboxylic acids is 1. The molecule has 23 heavy (non-hydrogen) atoms. The number of carbonyl (C=O) groups is 1. The minimum Gasteiger partial charge on any atom is -0.429 e. The van der Waals surface area contributed by atoms with Gasteiger partial charge in [0, 0.05) is 26.2 Å². The highest BCUT2D eigenvalue weighted by Crippen LogP contribution is 2.16. The van der Waals surface area contributed by atoms with E-state index in [0.29, 0.717) is 37.9 Å². The third-order valence-corrected chi connectivity index (χ3v) is 3.43. The van der Waals surface area contributed by atoms with E-state index in [2.05, 4.69) is 36.1 Å². The SMILES string of the molecule is CC(=NNc1nnn[nH]1)C(=O)N1CCN(c2ncc(C)o2)CC1. The van der Waals surface area contributed by atoms with Crippen LogP contribution in [0.25, 0.3) is 0 Å². The summed E-state index contributed by atoms with van der Waals surface area (Å²) in [6, 6.07) is 0.597. The molecule has 1 aliphatic rings. The second-order valence-electron chi connectivity index (χ2n) is 5.09. The average Bonchev–Trinajstić information content (AvgIpc) is 3.23. The minimum absolute atomic E-state index is 0.131. The van der Waals surface area contributed by atoms with Gasteiger partial charge in [-0.1, -0.05) is 5.10 Å². The molecule has 11 heteroatoms. The molecule has 3 rings (SSSR count). The molecule has 3 heterocycles. The molecule has 0 saturated carbocycles. The van der Waals surface area contributed by atoms with E-state index in [1.807, 2.05) is 11.8 Å². The van der Waals surface area contributed by atoms with E-state index in [0.717, 1.165) is 5.76 Å². The van der Waals surface area contributed by atoms with Crippen molar-refractivity contribution in [1.29, 1.82) is 0 Å². The van der Waals surface area contributed by atoms with Gasteiger partial charge in [0.1, 0.15) is 11.5 Å². The number of anilines is 2. The van der Waals surface area contributed by atoms with E-state index in [1.165, 1.54) is 0 Å². The van der Waals surface area contributed by atoms with Gasteiger partial charge in [-0.25, -0.2) is 15.5 Å². The van der Waals surface area contributed by atoms with Crippen LogP contribution in [0.4, 0.5) is 12.0 Å². The number of tetrazole rings is 1. The van der Waals surface area contributed by atoms with E-state index < -0.39 is 0 Å². The van der Waals surface area contributed by atoms with Crippen LogP contribution in [0, 0.1) is 6.92 Å². The summed E-state index contributed by atoms with van der Waals surface area (Å²) in [5.41, 5.74) is 2.93. The third-order valence-electron chi connectivity index (χ3n) is 3.43. The van der Waals surface area contributed by atoms with Crippen LogP contribution in [0.15, 0.2) is 15.7 Å². The van der Waals surface area contributed by atoms with Crippen molar-refractivity contribution in [3.63, 3.8) is 0 Å². The topological polar surface area (TPSA) is 128 Å². The lowest BCUT2D eigenvalue weighted by Crippen LogP contribution is -2.50. The standard InChI is InChI=1S/C12H17N9O2/c1-8-7-13-12(23-8)21-5-3-20(4-6-21)10(22)9(2)14-15-11-16-18-19-17-11/h7H,3-6H2,1-2H3,(H2,15,16,17,18,19). The second kappa shape index (κ2) is 6.42. The molecule has 2 N–H and O–H groups in total. The largest absolute Gasteiger partial charge is 0.429 e. The van der Waals surface area contributed by atoms with E-state index >= 15 is 0 Å². The monoisotopic (exact) mass is 319 g/mol. The molecule has 2 aromatic rings. The molecule has 0 radical (unpaired) electrons. The number of rotatable bonds is 4. The Labute approximate surface area is 131 Å². The number of hydrogen-bond acceptors (Lipinski definition) is 9. The Kier molecular flexibility index (Phi) is 4.17. The summed E-state index contributed by atoms with van der Waals surface area (Å²) in [5.74, 6) is 0.920. The Morgan fingerprint density at radius 1 is 1.39 bits per heavy atom. The first-order valence-corrected chi connectivity index (χ1v) is 7.14. The fourth-order valence-corrected chi connectivity index (χ4v) is 2.21. The van der Waals surface area contributed by atoms with Gasteiger partial charge in [-0.2, -0.15) is 5.10 Å². The van der Waals surface area contributed by atoms with Gasteiger partial charge in [-0.15, -0.1) is 0 Å². The van der Waals surface area contributed by atoms with Crippen molar-refractivity contribution in [2.24, 2.45) is 5.10 Å². The van der Waals surface area contributed by atoms with Gasteiger partial charge >= 0.3 is 0 Å². The van der Waals surface area contributed by atoms with Crippen molar-refractivity contribution in [2.45, 2.75) is 13.8 Å². The zero-order valence-corrected chi connectivity index (χ0v) is 12.9. The van der Waals surface area contributed by atoms with Crippen LogP contribution in [-0.2, 0) is 4.79 Å². The van der Waals surface area contributed by atoms with E-state index in [4.69, 9.17) is 4.42 Å². The third kappa shape index (κ3) is 3.44. The number of nitrogens with zero attached hydrogens (tertiary/aromatic N) is 7. The Morgan fingerprint density at radius 2 is 2.17 bits per heavy atom. The van der Waals surface area contributed by atoms with Crippen molar-refractivity contribution in [3.05, 3.63) is 12.0 Å². The molecule has 2 aromatic heterocycles. The van der Waals surface area contributed by atoms with Crippen molar-refractivity contribution < 1.29 is 9.21 Å². The normalized spacial score (nSPS) is 15.8. The summed E-state index contributed by atoms with van der Waals surface area (Å²) >= 11 is 0. The molecule has 122 valence electrons. The predicted octanol–water partition coefficient (Wildman–Crippen LogP) is -0.367. The molecule has 1 fully saturated rings. The van der Waals surface area contributed by atoms with Crippen LogP contribution in [-0.4, -0.2) is 68.3 Å². The Balaban J connectivity index is 1.54. The highest BCUT2D eigenvalue weighted by atomic mass is 16.4. The molecule has 0 bridgehead atoms. The van der Waals surface area contributed by atoms with Gasteiger partial charge in [-0.05, 0) is 24.3 Å². The maximum absolute atomic E-state index is 12.3. The molecule has 1 amide bonds. The molecule has 0 aromatic carbocycles. The fourth-order valence-electron chi connectivity index (χ4n) is 2.21. The number of amides is 1. The number of aromatic nitrogens is 5. The van der Waals surface area contributed by atoms with Gasteiger partial charge in [0.2, 0.25) is 0 Å². The van der Waals surface area contributed by atoms with Crippen LogP contribution in [0.1, 0.15) is 12.7 Å². The number of piperazine rings is 1. The number of nitrogens with one attached hydrogen (secondary N) is 2. The highest BCUT2D eigenvalue weighted by Gasteiger charge is 2.24. The summed E-state index contributed by atoms with van der Waals surface area (Å²) in [7, 11) is 0. The van der Waals surface area contributed by atoms with Crippen LogP contribution < -0.4 is 10.3 Å². The zero-order chi connectivity index (χ0) is 16.2. The van der Waals surface area contributed by atoms with Crippen molar-refractivity contribution in [3.8, 4) is 0 Å². The lowest BCUT2D eigenvalue weighted by atomic mass is 10.3. The number of hydrazone groups is 1. The summed E-state index contributed by atoms with van der Waals surface area (Å²) in [5, 5.41) is 16.9. The van der Waals surface area contributed by atoms with E-state index in [-0.39, 0.29) is 11.9 Å². The van der Waals surface area contributed by atoms with Gasteiger partial charge in [-0.3, -0.25) is 4.79 Å². The lowest BCUT2D eigenvalue weighted by molar-refractivity contribution is -0.124. The quantitative estimate of drug-likeness (QED) is 0.577. The molecule has 0 unspecified atom stereocenters. The van der Waals surface area contributed by atoms with Crippen molar-refractivity contribution >= 4 is 23.6 Å².